The van der Waals surface area contributed by atoms with Crippen LogP contribution in [0.5, 0.6) is 5.75 Å². The molecule has 0 N–H and O–H groups in total. The summed E-state index contributed by atoms with van der Waals surface area (Å²) in [6.45, 7) is 4.10. The van der Waals surface area contributed by atoms with Crippen molar-refractivity contribution in [1.29, 1.82) is 0 Å². The van der Waals surface area contributed by atoms with Crippen LogP contribution >= 0.6 is 0 Å². The summed E-state index contributed by atoms with van der Waals surface area (Å²) in [4.78, 5) is 30.6. The van der Waals surface area contributed by atoms with Crippen molar-refractivity contribution in [3.05, 3.63) is 112 Å². The Hall–Kier alpha value is -4.23. The van der Waals surface area contributed by atoms with E-state index in [9.17, 15) is 14.0 Å². The molecule has 2 aliphatic rings. The van der Waals surface area contributed by atoms with Gasteiger partial charge < -0.3 is 14.2 Å². The summed E-state index contributed by atoms with van der Waals surface area (Å²) < 4.78 is 22.2. The van der Waals surface area contributed by atoms with Gasteiger partial charge >= 0.3 is 0 Å². The number of para-hydroxylation sites is 2. The van der Waals surface area contributed by atoms with Crippen molar-refractivity contribution >= 4 is 28.4 Å². The predicted octanol–water partition coefficient (Wildman–Crippen LogP) is 5.59. The molecule has 1 saturated heterocycles. The summed E-state index contributed by atoms with van der Waals surface area (Å²) in [5, 5.41) is 1.44. The number of carbonyl (C=O) groups is 1. The number of amides is 1. The lowest BCUT2D eigenvalue weighted by molar-refractivity contribution is -0.117. The number of nitrogens with zero attached hydrogens (tertiary/aromatic N) is 3. The monoisotopic (exact) mass is 523 g/mol. The third-order valence-corrected chi connectivity index (χ3v) is 7.49. The quantitative estimate of drug-likeness (QED) is 0.296. The highest BCUT2D eigenvalue weighted by molar-refractivity contribution is 6.10. The Bertz CT molecular complexity index is 1620. The maximum absolute atomic E-state index is 14.4. The van der Waals surface area contributed by atoms with Crippen molar-refractivity contribution < 1.29 is 13.9 Å². The Morgan fingerprint density at radius 1 is 0.897 bits per heavy atom. The van der Waals surface area contributed by atoms with Crippen LogP contribution in [0.2, 0.25) is 0 Å². The first-order valence-corrected chi connectivity index (χ1v) is 13.5. The van der Waals surface area contributed by atoms with E-state index in [1.165, 1.54) is 23.8 Å². The van der Waals surface area contributed by atoms with E-state index in [1.54, 1.807) is 47.0 Å². The van der Waals surface area contributed by atoms with E-state index in [-0.39, 0.29) is 29.6 Å². The van der Waals surface area contributed by atoms with E-state index in [4.69, 9.17) is 4.74 Å². The molecule has 1 aromatic heterocycles. The summed E-state index contributed by atoms with van der Waals surface area (Å²) >= 11 is 0. The summed E-state index contributed by atoms with van der Waals surface area (Å²) in [6, 6.07) is 21.1. The van der Waals surface area contributed by atoms with E-state index in [1.807, 2.05) is 36.5 Å². The number of likely N-dealkylation sites (tertiary alicyclic amines) is 1. The number of aryl methyl sites for hydroxylation is 1. The topological polar surface area (TPSA) is 54.8 Å². The zero-order valence-corrected chi connectivity index (χ0v) is 21.7. The Balaban J connectivity index is 1.26. The Morgan fingerprint density at radius 3 is 2.54 bits per heavy atom. The molecule has 6 rings (SSSR count). The van der Waals surface area contributed by atoms with Gasteiger partial charge in [-0.1, -0.05) is 36.4 Å². The van der Waals surface area contributed by atoms with Crippen molar-refractivity contribution in [3.8, 4) is 5.75 Å². The zero-order chi connectivity index (χ0) is 26.8. The van der Waals surface area contributed by atoms with Crippen LogP contribution in [0, 0.1) is 5.82 Å². The van der Waals surface area contributed by atoms with E-state index < -0.39 is 0 Å². The highest BCUT2D eigenvalue weighted by Gasteiger charge is 2.30. The van der Waals surface area contributed by atoms with Gasteiger partial charge in [0.25, 0.3) is 11.5 Å². The maximum atomic E-state index is 14.4. The number of ether oxygens (including phenoxy) is 1. The van der Waals surface area contributed by atoms with Gasteiger partial charge in [-0.05, 0) is 92.3 Å². The van der Waals surface area contributed by atoms with Gasteiger partial charge in [-0.15, -0.1) is 0 Å². The number of aromatic nitrogens is 1. The van der Waals surface area contributed by atoms with E-state index in [2.05, 4.69) is 4.90 Å². The second kappa shape index (κ2) is 10.9. The van der Waals surface area contributed by atoms with Crippen LogP contribution in [-0.2, 0) is 17.9 Å². The first-order valence-electron chi connectivity index (χ1n) is 13.5. The SMILES string of the molecule is O=C1/C(=C\c2ccc3c(=O)n(CCCN4CCCC4)ccc3c2)Oc2ccccc2N1Cc1ccccc1F. The van der Waals surface area contributed by atoms with Crippen LogP contribution in [0.25, 0.3) is 16.8 Å². The number of rotatable bonds is 7. The van der Waals surface area contributed by atoms with Crippen molar-refractivity contribution in [2.75, 3.05) is 24.5 Å². The molecular formula is C32H30FN3O3. The Kier molecular flexibility index (Phi) is 6.99. The first kappa shape index (κ1) is 25.1. The van der Waals surface area contributed by atoms with E-state index in [0.717, 1.165) is 37.0 Å². The molecule has 3 aromatic carbocycles. The highest BCUT2D eigenvalue weighted by Crippen LogP contribution is 2.36. The third-order valence-electron chi connectivity index (χ3n) is 7.49. The second-order valence-electron chi connectivity index (χ2n) is 10.1. The number of benzene rings is 3. The number of fused-ring (bicyclic) bond motifs is 2. The van der Waals surface area contributed by atoms with E-state index in [0.29, 0.717) is 28.9 Å². The Morgan fingerprint density at radius 2 is 1.69 bits per heavy atom. The largest absolute Gasteiger partial charge is 0.449 e. The molecule has 0 atom stereocenters. The van der Waals surface area contributed by atoms with Crippen LogP contribution in [-0.4, -0.2) is 35.0 Å². The van der Waals surface area contributed by atoms with E-state index >= 15 is 0 Å². The molecule has 2 aliphatic heterocycles. The van der Waals surface area contributed by atoms with Crippen LogP contribution in [0.15, 0.2) is 89.5 Å². The number of pyridine rings is 1. The standard InChI is InChI=1S/C32H30FN3O3/c33-27-9-2-1-8-25(27)22-36-28-10-3-4-11-29(28)39-30(32(36)38)21-23-12-13-26-24(20-23)14-19-35(31(26)37)18-7-17-34-15-5-6-16-34/h1-4,8-14,19-21H,5-7,15-18,22H2/b30-21+. The average Bonchev–Trinajstić information content (AvgIpc) is 3.47. The van der Waals surface area contributed by atoms with Crippen molar-refractivity contribution in [3.63, 3.8) is 0 Å². The van der Waals surface area contributed by atoms with Gasteiger partial charge in [-0.25, -0.2) is 4.39 Å². The fourth-order valence-corrected chi connectivity index (χ4v) is 5.41. The lowest BCUT2D eigenvalue weighted by Crippen LogP contribution is -2.37. The number of hydrogen-bond donors (Lipinski definition) is 0. The molecule has 6 nitrogen and oxygen atoms in total. The molecule has 1 amide bonds. The normalized spacial score (nSPS) is 16.6. The predicted molar refractivity (Wildman–Crippen MR) is 151 cm³/mol. The fraction of sp³-hybridized carbons (Fsp3) is 0.250. The Labute approximate surface area is 226 Å². The highest BCUT2D eigenvalue weighted by atomic mass is 19.1. The van der Waals surface area contributed by atoms with Gasteiger partial charge in [0.15, 0.2) is 11.5 Å². The molecule has 39 heavy (non-hydrogen) atoms. The fourth-order valence-electron chi connectivity index (χ4n) is 5.41. The summed E-state index contributed by atoms with van der Waals surface area (Å²) in [5.41, 5.74) is 1.74. The molecular weight excluding hydrogens is 493 g/mol. The molecule has 0 bridgehead atoms. The molecule has 4 aromatic rings. The first-order chi connectivity index (χ1) is 19.1. The minimum atomic E-state index is -0.365. The average molecular weight is 524 g/mol. The van der Waals surface area contributed by atoms with Gasteiger partial charge in [-0.2, -0.15) is 0 Å². The molecule has 1 fully saturated rings. The smallest absolute Gasteiger partial charge is 0.294 e. The van der Waals surface area contributed by atoms with Gasteiger partial charge in [0, 0.05) is 23.7 Å². The van der Waals surface area contributed by atoms with Crippen molar-refractivity contribution in [2.24, 2.45) is 0 Å². The summed E-state index contributed by atoms with van der Waals surface area (Å²) in [7, 11) is 0. The number of anilines is 1. The minimum absolute atomic E-state index is 0.0110. The van der Waals surface area contributed by atoms with Crippen LogP contribution in [0.3, 0.4) is 0 Å². The molecule has 3 heterocycles. The summed E-state index contributed by atoms with van der Waals surface area (Å²) in [6.07, 6.45) is 7.00. The zero-order valence-electron chi connectivity index (χ0n) is 21.7. The molecule has 198 valence electrons. The minimum Gasteiger partial charge on any atom is -0.449 e. The number of carbonyl (C=O) groups excluding carboxylic acids is 1. The van der Waals surface area contributed by atoms with Crippen LogP contribution in [0.1, 0.15) is 30.4 Å². The van der Waals surface area contributed by atoms with Crippen LogP contribution in [0.4, 0.5) is 10.1 Å². The molecule has 0 unspecified atom stereocenters. The third kappa shape index (κ3) is 5.22. The van der Waals surface area contributed by atoms with Crippen LogP contribution < -0.4 is 15.2 Å². The number of hydrogen-bond acceptors (Lipinski definition) is 4. The lowest BCUT2D eigenvalue weighted by atomic mass is 10.1. The van der Waals surface area contributed by atoms with Gasteiger partial charge in [0.2, 0.25) is 0 Å². The maximum Gasteiger partial charge on any atom is 0.294 e. The van der Waals surface area contributed by atoms with Gasteiger partial charge in [-0.3, -0.25) is 14.5 Å². The lowest BCUT2D eigenvalue weighted by Gasteiger charge is -2.30. The van der Waals surface area contributed by atoms with Crippen molar-refractivity contribution in [1.82, 2.24) is 9.47 Å². The van der Waals surface area contributed by atoms with Gasteiger partial charge in [0.1, 0.15) is 5.82 Å². The second-order valence-corrected chi connectivity index (χ2v) is 10.1. The molecule has 0 spiro atoms. The molecule has 7 heteroatoms. The molecule has 0 radical (unpaired) electrons. The van der Waals surface area contributed by atoms with Gasteiger partial charge in [0.05, 0.1) is 12.2 Å². The van der Waals surface area contributed by atoms with Crippen molar-refractivity contribution in [2.45, 2.75) is 32.4 Å². The molecule has 0 aliphatic carbocycles. The molecule has 0 saturated carbocycles. The summed E-state index contributed by atoms with van der Waals surface area (Å²) in [5.74, 6) is -0.0570. The number of halogens is 1.